The quantitative estimate of drug-likeness (QED) is 0.497. The standard InChI is InChI=1S/C20H30N2O5/c1-3-25-13-14-27-18-7-5-17(6-8-18)21-15-19(23)22-11-9-16(10-12-22)20(24)26-4-2/h5-8,16,21H,3-4,9-15H2,1-2H3. The van der Waals surface area contributed by atoms with Crippen molar-refractivity contribution in [3.05, 3.63) is 24.3 Å². The second kappa shape index (κ2) is 11.4. The van der Waals surface area contributed by atoms with E-state index in [9.17, 15) is 9.59 Å². The lowest BCUT2D eigenvalue weighted by molar-refractivity contribution is -0.151. The zero-order chi connectivity index (χ0) is 19.5. The Morgan fingerprint density at radius 1 is 1.07 bits per heavy atom. The Morgan fingerprint density at radius 3 is 2.41 bits per heavy atom. The summed E-state index contributed by atoms with van der Waals surface area (Å²) in [5.74, 6) is 0.575. The molecule has 1 aromatic carbocycles. The molecule has 1 aliphatic rings. The Balaban J connectivity index is 1.69. The van der Waals surface area contributed by atoms with Crippen molar-refractivity contribution in [1.29, 1.82) is 0 Å². The molecule has 1 aromatic rings. The fourth-order valence-electron chi connectivity index (χ4n) is 2.95. The molecule has 150 valence electrons. The molecule has 2 rings (SSSR count). The van der Waals surface area contributed by atoms with Crippen LogP contribution in [-0.4, -0.2) is 62.8 Å². The van der Waals surface area contributed by atoms with Gasteiger partial charge in [0.2, 0.25) is 5.91 Å². The Labute approximate surface area is 161 Å². The molecule has 7 heteroatoms. The van der Waals surface area contributed by atoms with Gasteiger partial charge < -0.3 is 24.4 Å². The van der Waals surface area contributed by atoms with E-state index in [2.05, 4.69) is 5.32 Å². The van der Waals surface area contributed by atoms with Crippen molar-refractivity contribution in [2.24, 2.45) is 5.92 Å². The molecule has 27 heavy (non-hydrogen) atoms. The number of nitrogens with zero attached hydrogens (tertiary/aromatic N) is 1. The third-order valence-corrected chi connectivity index (χ3v) is 4.47. The van der Waals surface area contributed by atoms with E-state index in [4.69, 9.17) is 14.2 Å². The summed E-state index contributed by atoms with van der Waals surface area (Å²) >= 11 is 0. The number of hydrogen-bond donors (Lipinski definition) is 1. The summed E-state index contributed by atoms with van der Waals surface area (Å²) in [6, 6.07) is 7.50. The van der Waals surface area contributed by atoms with Gasteiger partial charge in [-0.3, -0.25) is 9.59 Å². The van der Waals surface area contributed by atoms with Crippen LogP contribution in [0.4, 0.5) is 5.69 Å². The van der Waals surface area contributed by atoms with E-state index in [1.807, 2.05) is 38.1 Å². The molecular weight excluding hydrogens is 348 g/mol. The number of likely N-dealkylation sites (tertiary alicyclic amines) is 1. The van der Waals surface area contributed by atoms with Crippen LogP contribution in [0, 0.1) is 5.92 Å². The van der Waals surface area contributed by atoms with Gasteiger partial charge in [0.15, 0.2) is 0 Å². The highest BCUT2D eigenvalue weighted by molar-refractivity contribution is 5.81. The topological polar surface area (TPSA) is 77.1 Å². The van der Waals surface area contributed by atoms with Crippen LogP contribution in [0.15, 0.2) is 24.3 Å². The van der Waals surface area contributed by atoms with E-state index in [1.54, 1.807) is 4.90 Å². The molecule has 1 N–H and O–H groups in total. The van der Waals surface area contributed by atoms with Gasteiger partial charge in [-0.25, -0.2) is 0 Å². The lowest BCUT2D eigenvalue weighted by Gasteiger charge is -2.31. The van der Waals surface area contributed by atoms with Gasteiger partial charge in [-0.1, -0.05) is 0 Å². The first-order valence-corrected chi connectivity index (χ1v) is 9.63. The van der Waals surface area contributed by atoms with Crippen LogP contribution in [0.2, 0.25) is 0 Å². The van der Waals surface area contributed by atoms with Crippen molar-refractivity contribution in [1.82, 2.24) is 4.90 Å². The molecule has 1 fully saturated rings. The smallest absolute Gasteiger partial charge is 0.309 e. The maximum atomic E-state index is 12.4. The van der Waals surface area contributed by atoms with E-state index >= 15 is 0 Å². The molecule has 0 radical (unpaired) electrons. The second-order valence-electron chi connectivity index (χ2n) is 6.33. The van der Waals surface area contributed by atoms with Crippen LogP contribution < -0.4 is 10.1 Å². The number of anilines is 1. The lowest BCUT2D eigenvalue weighted by Crippen LogP contribution is -2.43. The highest BCUT2D eigenvalue weighted by Gasteiger charge is 2.27. The number of rotatable bonds is 10. The predicted molar refractivity (Wildman–Crippen MR) is 103 cm³/mol. The van der Waals surface area contributed by atoms with E-state index in [0.29, 0.717) is 52.4 Å². The fourth-order valence-corrected chi connectivity index (χ4v) is 2.95. The molecule has 0 aromatic heterocycles. The van der Waals surface area contributed by atoms with Gasteiger partial charge >= 0.3 is 5.97 Å². The van der Waals surface area contributed by atoms with Gasteiger partial charge in [-0.05, 0) is 51.0 Å². The SMILES string of the molecule is CCOCCOc1ccc(NCC(=O)N2CCC(C(=O)OCC)CC2)cc1. The average molecular weight is 378 g/mol. The van der Waals surface area contributed by atoms with E-state index in [-0.39, 0.29) is 24.3 Å². The number of ether oxygens (including phenoxy) is 3. The van der Waals surface area contributed by atoms with Crippen LogP contribution in [0.25, 0.3) is 0 Å². The monoisotopic (exact) mass is 378 g/mol. The molecular formula is C20H30N2O5. The number of benzene rings is 1. The van der Waals surface area contributed by atoms with Crippen LogP contribution in [0.3, 0.4) is 0 Å². The van der Waals surface area contributed by atoms with Crippen LogP contribution >= 0.6 is 0 Å². The zero-order valence-corrected chi connectivity index (χ0v) is 16.2. The summed E-state index contributed by atoms with van der Waals surface area (Å²) in [4.78, 5) is 25.9. The maximum Gasteiger partial charge on any atom is 0.309 e. The predicted octanol–water partition coefficient (Wildman–Crippen LogP) is 2.32. The summed E-state index contributed by atoms with van der Waals surface area (Å²) < 4.78 is 15.8. The normalized spacial score (nSPS) is 14.7. The third-order valence-electron chi connectivity index (χ3n) is 4.47. The second-order valence-corrected chi connectivity index (χ2v) is 6.33. The van der Waals surface area contributed by atoms with Gasteiger partial charge in [-0.2, -0.15) is 0 Å². The molecule has 0 atom stereocenters. The van der Waals surface area contributed by atoms with Gasteiger partial charge in [0.05, 0.1) is 25.7 Å². The minimum absolute atomic E-state index is 0.0364. The highest BCUT2D eigenvalue weighted by atomic mass is 16.5. The van der Waals surface area contributed by atoms with Crippen molar-refractivity contribution in [2.45, 2.75) is 26.7 Å². The van der Waals surface area contributed by atoms with Crippen molar-refractivity contribution in [3.63, 3.8) is 0 Å². The molecule has 0 aliphatic carbocycles. The van der Waals surface area contributed by atoms with Crippen LogP contribution in [0.1, 0.15) is 26.7 Å². The average Bonchev–Trinajstić information content (AvgIpc) is 2.70. The Hall–Kier alpha value is -2.28. The molecule has 0 spiro atoms. The third kappa shape index (κ3) is 7.09. The molecule has 0 saturated carbocycles. The maximum absolute atomic E-state index is 12.4. The summed E-state index contributed by atoms with van der Waals surface area (Å²) in [5.41, 5.74) is 0.863. The summed E-state index contributed by atoms with van der Waals surface area (Å²) in [7, 11) is 0. The van der Waals surface area contributed by atoms with Gasteiger partial charge in [-0.15, -0.1) is 0 Å². The molecule has 1 amide bonds. The van der Waals surface area contributed by atoms with Crippen molar-refractivity contribution in [2.75, 3.05) is 51.4 Å². The van der Waals surface area contributed by atoms with Crippen LogP contribution in [0.5, 0.6) is 5.75 Å². The van der Waals surface area contributed by atoms with Crippen molar-refractivity contribution >= 4 is 17.6 Å². The van der Waals surface area contributed by atoms with Gasteiger partial charge in [0, 0.05) is 25.4 Å². The Kier molecular flexibility index (Phi) is 8.91. The molecule has 0 bridgehead atoms. The summed E-state index contributed by atoms with van der Waals surface area (Å²) in [5, 5.41) is 3.14. The Bertz CT molecular complexity index is 583. The zero-order valence-electron chi connectivity index (χ0n) is 16.2. The number of carbonyl (C=O) groups is 2. The first-order chi connectivity index (χ1) is 13.1. The molecule has 7 nitrogen and oxygen atoms in total. The first kappa shape index (κ1) is 21.0. The van der Waals surface area contributed by atoms with E-state index < -0.39 is 0 Å². The molecule has 1 saturated heterocycles. The lowest BCUT2D eigenvalue weighted by atomic mass is 9.97. The largest absolute Gasteiger partial charge is 0.491 e. The summed E-state index contributed by atoms with van der Waals surface area (Å²) in [6.07, 6.45) is 1.33. The van der Waals surface area contributed by atoms with Crippen molar-refractivity contribution in [3.8, 4) is 5.75 Å². The number of nitrogens with one attached hydrogen (secondary N) is 1. The number of piperidine rings is 1. The number of amides is 1. The number of esters is 1. The fraction of sp³-hybridized carbons (Fsp3) is 0.600. The highest BCUT2D eigenvalue weighted by Crippen LogP contribution is 2.19. The number of carbonyl (C=O) groups excluding carboxylic acids is 2. The number of hydrogen-bond acceptors (Lipinski definition) is 6. The molecule has 1 heterocycles. The van der Waals surface area contributed by atoms with Gasteiger partial charge in [0.1, 0.15) is 12.4 Å². The van der Waals surface area contributed by atoms with Crippen molar-refractivity contribution < 1.29 is 23.8 Å². The van der Waals surface area contributed by atoms with E-state index in [0.717, 1.165) is 11.4 Å². The minimum Gasteiger partial charge on any atom is -0.491 e. The van der Waals surface area contributed by atoms with Crippen LogP contribution in [-0.2, 0) is 19.1 Å². The minimum atomic E-state index is -0.147. The molecule has 1 aliphatic heterocycles. The molecule has 0 unspecified atom stereocenters. The Morgan fingerprint density at radius 2 is 1.78 bits per heavy atom. The van der Waals surface area contributed by atoms with Gasteiger partial charge in [0.25, 0.3) is 0 Å². The summed E-state index contributed by atoms with van der Waals surface area (Å²) in [6.45, 7) is 7.34. The first-order valence-electron chi connectivity index (χ1n) is 9.63. The van der Waals surface area contributed by atoms with E-state index in [1.165, 1.54) is 0 Å².